The van der Waals surface area contributed by atoms with Gasteiger partial charge in [-0.05, 0) is 52.9 Å². The summed E-state index contributed by atoms with van der Waals surface area (Å²) in [4.78, 5) is 0. The molecule has 1 aliphatic carbocycles. The first-order chi connectivity index (χ1) is 22.5. The third-order valence-electron chi connectivity index (χ3n) is 9.38. The Bertz CT molecular complexity index is 1590. The number of hydrogen-bond donors (Lipinski definition) is 10. The minimum atomic E-state index is -1.56. The molecule has 0 saturated carbocycles. The van der Waals surface area contributed by atoms with E-state index in [1.54, 1.807) is 24.3 Å². The quantitative estimate of drug-likeness (QED) is 0.148. The van der Waals surface area contributed by atoms with Crippen LogP contribution in [0.3, 0.4) is 0 Å². The van der Waals surface area contributed by atoms with E-state index in [1.807, 2.05) is 12.1 Å². The number of benzene rings is 2. The van der Waals surface area contributed by atoms with Crippen LogP contribution in [0, 0.1) is 23.7 Å². The highest BCUT2D eigenvalue weighted by Crippen LogP contribution is 2.54. The molecule has 0 bridgehead atoms. The molecule has 0 amide bonds. The zero-order valence-corrected chi connectivity index (χ0v) is 25.1. The molecule has 2 aromatic carbocycles. The largest absolute Gasteiger partial charge is 0.396 e. The summed E-state index contributed by atoms with van der Waals surface area (Å²) in [5.41, 5.74) is 2.70. The van der Waals surface area contributed by atoms with E-state index in [1.165, 1.54) is 0 Å². The fraction of sp³-hybridized carbons (Fsp3) is 0.529. The Labute approximate surface area is 270 Å². The fourth-order valence-corrected chi connectivity index (χ4v) is 6.70. The lowest BCUT2D eigenvalue weighted by molar-refractivity contribution is -0.214. The molecule has 13 heteroatoms. The second-order valence-electron chi connectivity index (χ2n) is 12.4. The first-order valence-corrected chi connectivity index (χ1v) is 15.4. The van der Waals surface area contributed by atoms with E-state index in [0.717, 1.165) is 11.1 Å². The normalized spacial score (nSPS) is 39.3. The number of rotatable bonds is 3. The highest BCUT2D eigenvalue weighted by Gasteiger charge is 2.50. The van der Waals surface area contributed by atoms with Crippen LogP contribution in [-0.4, -0.2) is 144 Å². The maximum Gasteiger partial charge on any atom is 0.147 e. The van der Waals surface area contributed by atoms with Gasteiger partial charge in [-0.1, -0.05) is 35.8 Å². The van der Waals surface area contributed by atoms with Crippen LogP contribution in [0.2, 0.25) is 0 Å². The third-order valence-corrected chi connectivity index (χ3v) is 9.38. The molecule has 47 heavy (non-hydrogen) atoms. The van der Waals surface area contributed by atoms with Crippen molar-refractivity contribution in [2.45, 2.75) is 91.7 Å². The maximum atomic E-state index is 10.8. The van der Waals surface area contributed by atoms with Crippen molar-refractivity contribution in [2.24, 2.45) is 0 Å². The van der Waals surface area contributed by atoms with Crippen molar-refractivity contribution in [3.63, 3.8) is 0 Å². The SMILES string of the molecule is OCC[C@H]1O[C@H](C#Cc2ccc3c(c2)C2(C[C@@H](O)[C@@H](O)CO2)c2cc(C#C[C@H]4O[C@H](CO)[C@@H](O)[C@H](O)[C@@H]4O)ccc2-3)[C@@H](O)[C@@H](O)[C@@H]1O. The minimum absolute atomic E-state index is 0.00596. The Morgan fingerprint density at radius 1 is 0.638 bits per heavy atom. The van der Waals surface area contributed by atoms with Crippen LogP contribution in [0.1, 0.15) is 35.1 Å². The first-order valence-electron chi connectivity index (χ1n) is 15.4. The van der Waals surface area contributed by atoms with Gasteiger partial charge in [-0.15, -0.1) is 0 Å². The molecular weight excluding hydrogens is 616 g/mol. The van der Waals surface area contributed by atoms with E-state index in [0.29, 0.717) is 22.3 Å². The van der Waals surface area contributed by atoms with Gasteiger partial charge in [-0.25, -0.2) is 0 Å². The third kappa shape index (κ3) is 6.10. The average Bonchev–Trinajstić information content (AvgIpc) is 3.32. The van der Waals surface area contributed by atoms with Crippen molar-refractivity contribution >= 4 is 0 Å². The molecule has 6 rings (SSSR count). The van der Waals surface area contributed by atoms with Crippen LogP contribution >= 0.6 is 0 Å². The van der Waals surface area contributed by atoms with E-state index in [4.69, 9.17) is 14.2 Å². The Morgan fingerprint density at radius 2 is 1.15 bits per heavy atom. The van der Waals surface area contributed by atoms with Crippen LogP contribution in [0.4, 0.5) is 0 Å². The molecule has 1 spiro atoms. The molecule has 3 aliphatic heterocycles. The second kappa shape index (κ2) is 13.5. The standard InChI is InChI=1S/C34H38O13/c35-10-9-26-30(41)32(43)28(39)24(46-26)7-3-16-1-5-18-19-6-2-17(4-8-25-29(40)33(44)31(42)27(14-36)47-25)12-21(19)34(20(18)11-16)13-22(37)23(38)15-45-34/h1-2,5-6,11-12,22-33,35-44H,9-10,13-15H2/t22-,23+,24-,25-,26-,27-,28-,29-,30-,31-,32-,33-,34?/m1/s1. The summed E-state index contributed by atoms with van der Waals surface area (Å²) < 4.78 is 17.5. The highest BCUT2D eigenvalue weighted by atomic mass is 16.5. The lowest BCUT2D eigenvalue weighted by Gasteiger charge is -2.40. The lowest BCUT2D eigenvalue weighted by atomic mass is 9.81. The van der Waals surface area contributed by atoms with Crippen LogP contribution in [0.25, 0.3) is 11.1 Å². The number of aliphatic hydroxyl groups is 10. The summed E-state index contributed by atoms with van der Waals surface area (Å²) in [6.45, 7) is -1.03. The number of fused-ring (bicyclic) bond motifs is 5. The van der Waals surface area contributed by atoms with Crippen molar-refractivity contribution in [1.29, 1.82) is 0 Å². The van der Waals surface area contributed by atoms with E-state index in [-0.39, 0.29) is 26.1 Å². The van der Waals surface area contributed by atoms with Crippen LogP contribution in [-0.2, 0) is 19.8 Å². The molecule has 3 fully saturated rings. The average molecular weight is 655 g/mol. The van der Waals surface area contributed by atoms with Gasteiger partial charge in [-0.3, -0.25) is 0 Å². The molecule has 3 heterocycles. The van der Waals surface area contributed by atoms with Gasteiger partial charge in [-0.2, -0.15) is 0 Å². The van der Waals surface area contributed by atoms with Crippen molar-refractivity contribution in [2.75, 3.05) is 19.8 Å². The Hall–Kier alpha value is -2.96. The summed E-state index contributed by atoms with van der Waals surface area (Å²) in [5.74, 6) is 11.5. The number of ether oxygens (including phenoxy) is 3. The Balaban J connectivity index is 1.33. The van der Waals surface area contributed by atoms with Gasteiger partial charge in [0.2, 0.25) is 0 Å². The summed E-state index contributed by atoms with van der Waals surface area (Å²) in [6, 6.07) is 10.7. The van der Waals surface area contributed by atoms with Crippen LogP contribution in [0.5, 0.6) is 0 Å². The molecule has 13 atom stereocenters. The summed E-state index contributed by atoms with van der Waals surface area (Å²) >= 11 is 0. The molecule has 2 aromatic rings. The molecule has 10 N–H and O–H groups in total. The predicted octanol–water partition coefficient (Wildman–Crippen LogP) is -3.17. The molecule has 0 radical (unpaired) electrons. The molecule has 0 aromatic heterocycles. The number of aliphatic hydroxyl groups excluding tert-OH is 10. The van der Waals surface area contributed by atoms with Gasteiger partial charge in [0.25, 0.3) is 0 Å². The maximum absolute atomic E-state index is 10.8. The zero-order valence-electron chi connectivity index (χ0n) is 25.1. The molecule has 4 aliphatic rings. The van der Waals surface area contributed by atoms with E-state index >= 15 is 0 Å². The highest BCUT2D eigenvalue weighted by molar-refractivity contribution is 5.82. The van der Waals surface area contributed by atoms with Gasteiger partial charge in [0.1, 0.15) is 66.6 Å². The zero-order chi connectivity index (χ0) is 33.6. The molecular formula is C34H38O13. The summed E-state index contributed by atoms with van der Waals surface area (Å²) in [5, 5.41) is 101. The van der Waals surface area contributed by atoms with E-state index < -0.39 is 85.5 Å². The number of hydrogen-bond acceptors (Lipinski definition) is 13. The summed E-state index contributed by atoms with van der Waals surface area (Å²) in [6.07, 6.45) is -15.5. The van der Waals surface area contributed by atoms with Gasteiger partial charge in [0, 0.05) is 24.2 Å². The summed E-state index contributed by atoms with van der Waals surface area (Å²) in [7, 11) is 0. The predicted molar refractivity (Wildman–Crippen MR) is 161 cm³/mol. The fourth-order valence-electron chi connectivity index (χ4n) is 6.70. The minimum Gasteiger partial charge on any atom is -0.396 e. The molecule has 13 nitrogen and oxygen atoms in total. The van der Waals surface area contributed by atoms with Crippen molar-refractivity contribution < 1.29 is 65.3 Å². The van der Waals surface area contributed by atoms with Crippen LogP contribution in [0.15, 0.2) is 36.4 Å². The monoisotopic (exact) mass is 654 g/mol. The van der Waals surface area contributed by atoms with Crippen LogP contribution < -0.4 is 0 Å². The van der Waals surface area contributed by atoms with Gasteiger partial charge in [0.15, 0.2) is 0 Å². The second-order valence-corrected chi connectivity index (χ2v) is 12.4. The molecule has 252 valence electrons. The molecule has 3 saturated heterocycles. The van der Waals surface area contributed by atoms with Gasteiger partial charge >= 0.3 is 0 Å². The smallest absolute Gasteiger partial charge is 0.147 e. The van der Waals surface area contributed by atoms with Crippen molar-refractivity contribution in [1.82, 2.24) is 0 Å². The first kappa shape index (κ1) is 33.9. The topological polar surface area (TPSA) is 230 Å². The Kier molecular flexibility index (Phi) is 9.75. The molecule has 1 unspecified atom stereocenters. The van der Waals surface area contributed by atoms with Gasteiger partial charge < -0.3 is 65.3 Å². The van der Waals surface area contributed by atoms with Crippen molar-refractivity contribution in [3.8, 4) is 34.8 Å². The van der Waals surface area contributed by atoms with Crippen molar-refractivity contribution in [3.05, 3.63) is 58.7 Å². The van der Waals surface area contributed by atoms with E-state index in [2.05, 4.69) is 23.7 Å². The van der Waals surface area contributed by atoms with E-state index in [9.17, 15) is 51.1 Å². The van der Waals surface area contributed by atoms with Gasteiger partial charge in [0.05, 0.1) is 25.4 Å². The lowest BCUT2D eigenvalue weighted by Crippen LogP contribution is -2.58. The Morgan fingerprint density at radius 3 is 1.64 bits per heavy atom.